The molecule has 0 aliphatic rings. The predicted octanol–water partition coefficient (Wildman–Crippen LogP) is 1.90. The summed E-state index contributed by atoms with van der Waals surface area (Å²) in [5.41, 5.74) is 2.13. The third kappa shape index (κ3) is 1.91. The van der Waals surface area contributed by atoms with Crippen LogP contribution in [0.2, 0.25) is 0 Å². The molecule has 0 unspecified atom stereocenters. The van der Waals surface area contributed by atoms with E-state index in [9.17, 15) is 0 Å². The molecule has 12 heavy (non-hydrogen) atoms. The van der Waals surface area contributed by atoms with Crippen LogP contribution in [0.25, 0.3) is 0 Å². The van der Waals surface area contributed by atoms with Gasteiger partial charge in [0, 0.05) is 17.1 Å². The lowest BCUT2D eigenvalue weighted by molar-refractivity contribution is 0.323. The Hall–Kier alpha value is -0.700. The van der Waals surface area contributed by atoms with Gasteiger partial charge in [-0.2, -0.15) is 0 Å². The van der Waals surface area contributed by atoms with E-state index in [1.54, 1.807) is 0 Å². The number of nitrogens with zero attached hydrogens (tertiary/aromatic N) is 1. The van der Waals surface area contributed by atoms with E-state index in [0.29, 0.717) is 18.4 Å². The van der Waals surface area contributed by atoms with Crippen LogP contribution in [-0.4, -0.2) is 22.7 Å². The van der Waals surface area contributed by atoms with E-state index in [2.05, 4.69) is 10.2 Å². The zero-order chi connectivity index (χ0) is 8.97. The fourth-order valence-electron chi connectivity index (χ4n) is 1.08. The lowest BCUT2D eigenvalue weighted by Gasteiger charge is -2.01. The van der Waals surface area contributed by atoms with Crippen molar-refractivity contribution in [2.24, 2.45) is 0 Å². The third-order valence-corrected chi connectivity index (χ3v) is 1.85. The second-order valence-corrected chi connectivity index (χ2v) is 2.88. The first-order chi connectivity index (χ1) is 5.79. The van der Waals surface area contributed by atoms with Gasteiger partial charge in [-0.05, 0) is 20.3 Å². The lowest BCUT2D eigenvalue weighted by atomic mass is 10.2. The molecule has 0 amide bonds. The predicted molar refractivity (Wildman–Crippen MR) is 48.9 cm³/mol. The molecule has 0 aromatic carbocycles. The van der Waals surface area contributed by atoms with Crippen molar-refractivity contribution >= 4 is 11.6 Å². The quantitative estimate of drug-likeness (QED) is 0.733. The second-order valence-electron chi connectivity index (χ2n) is 2.50. The highest BCUT2D eigenvalue weighted by atomic mass is 35.5. The molecule has 0 saturated carbocycles. The van der Waals surface area contributed by atoms with Crippen LogP contribution < -0.4 is 4.74 Å². The van der Waals surface area contributed by atoms with Crippen molar-refractivity contribution in [3.8, 4) is 5.88 Å². The van der Waals surface area contributed by atoms with Crippen molar-refractivity contribution < 1.29 is 4.74 Å². The molecule has 1 rings (SSSR count). The van der Waals surface area contributed by atoms with Crippen molar-refractivity contribution in [3.63, 3.8) is 0 Å². The number of H-pyrrole nitrogens is 1. The molecule has 0 spiro atoms. The highest BCUT2D eigenvalue weighted by molar-refractivity contribution is 6.18. The van der Waals surface area contributed by atoms with Crippen molar-refractivity contribution in [2.75, 3.05) is 12.5 Å². The number of aryl methyl sites for hydroxylation is 1. The maximum absolute atomic E-state index is 5.64. The number of ether oxygens (including phenoxy) is 1. The molecule has 3 nitrogen and oxygen atoms in total. The van der Waals surface area contributed by atoms with Crippen LogP contribution in [0.5, 0.6) is 5.88 Å². The molecule has 0 bridgehead atoms. The fourth-order valence-corrected chi connectivity index (χ4v) is 1.26. The number of rotatable bonds is 4. The molecule has 1 heterocycles. The number of aromatic amines is 1. The third-order valence-electron chi connectivity index (χ3n) is 1.66. The molecule has 0 aliphatic carbocycles. The minimum atomic E-state index is 0.598. The Morgan fingerprint density at radius 3 is 2.92 bits per heavy atom. The van der Waals surface area contributed by atoms with Crippen LogP contribution in [0.15, 0.2) is 0 Å². The van der Waals surface area contributed by atoms with E-state index in [-0.39, 0.29) is 0 Å². The van der Waals surface area contributed by atoms with Gasteiger partial charge in [-0.15, -0.1) is 16.7 Å². The molecule has 1 N–H and O–H groups in total. The van der Waals surface area contributed by atoms with Gasteiger partial charge in [-0.25, -0.2) is 0 Å². The van der Waals surface area contributed by atoms with Gasteiger partial charge in [-0.3, -0.25) is 5.10 Å². The summed E-state index contributed by atoms with van der Waals surface area (Å²) < 4.78 is 5.31. The maximum Gasteiger partial charge on any atom is 0.236 e. The van der Waals surface area contributed by atoms with Crippen LogP contribution in [0.3, 0.4) is 0 Å². The van der Waals surface area contributed by atoms with Gasteiger partial charge in [0.05, 0.1) is 6.61 Å². The second kappa shape index (κ2) is 4.36. The van der Waals surface area contributed by atoms with Crippen molar-refractivity contribution in [1.82, 2.24) is 10.2 Å². The van der Waals surface area contributed by atoms with Gasteiger partial charge in [-0.1, -0.05) is 0 Å². The number of alkyl halides is 1. The van der Waals surface area contributed by atoms with Gasteiger partial charge in [0.2, 0.25) is 5.88 Å². The monoisotopic (exact) mass is 188 g/mol. The average Bonchev–Trinajstić information content (AvgIpc) is 2.37. The first kappa shape index (κ1) is 9.39. The summed E-state index contributed by atoms with van der Waals surface area (Å²) in [5, 5.41) is 6.89. The molecular weight excluding hydrogens is 176 g/mol. The highest BCUT2D eigenvalue weighted by Gasteiger charge is 2.09. The van der Waals surface area contributed by atoms with Crippen LogP contribution in [0, 0.1) is 6.92 Å². The summed E-state index contributed by atoms with van der Waals surface area (Å²) in [7, 11) is 0. The Morgan fingerprint density at radius 1 is 1.58 bits per heavy atom. The first-order valence-electron chi connectivity index (χ1n) is 4.02. The molecule has 0 fully saturated rings. The summed E-state index contributed by atoms with van der Waals surface area (Å²) in [6.45, 7) is 4.55. The topological polar surface area (TPSA) is 37.9 Å². The molecule has 1 aromatic rings. The normalized spacial score (nSPS) is 10.2. The Labute approximate surface area is 77.1 Å². The van der Waals surface area contributed by atoms with Crippen LogP contribution >= 0.6 is 11.6 Å². The molecule has 0 atom stereocenters. The zero-order valence-electron chi connectivity index (χ0n) is 7.35. The van der Waals surface area contributed by atoms with E-state index >= 15 is 0 Å². The van der Waals surface area contributed by atoms with Crippen molar-refractivity contribution in [2.45, 2.75) is 20.3 Å². The molecular formula is C8H13ClN2O. The highest BCUT2D eigenvalue weighted by Crippen LogP contribution is 2.19. The summed E-state index contributed by atoms with van der Waals surface area (Å²) >= 11 is 5.64. The lowest BCUT2D eigenvalue weighted by Crippen LogP contribution is -1.96. The van der Waals surface area contributed by atoms with Crippen LogP contribution in [0.1, 0.15) is 18.2 Å². The minimum absolute atomic E-state index is 0.598. The Kier molecular flexibility index (Phi) is 3.41. The van der Waals surface area contributed by atoms with Gasteiger partial charge in [0.25, 0.3) is 0 Å². The van der Waals surface area contributed by atoms with E-state index in [4.69, 9.17) is 16.3 Å². The van der Waals surface area contributed by atoms with E-state index < -0.39 is 0 Å². The number of halogens is 1. The SMILES string of the molecule is CCOc1n[nH]c(C)c1CCCl. The number of hydrogen-bond acceptors (Lipinski definition) is 2. The first-order valence-corrected chi connectivity index (χ1v) is 4.55. The largest absolute Gasteiger partial charge is 0.477 e. The maximum atomic E-state index is 5.64. The molecule has 0 radical (unpaired) electrons. The number of hydrogen-bond donors (Lipinski definition) is 1. The van der Waals surface area contributed by atoms with Gasteiger partial charge >= 0.3 is 0 Å². The zero-order valence-corrected chi connectivity index (χ0v) is 8.11. The smallest absolute Gasteiger partial charge is 0.236 e. The molecule has 68 valence electrons. The summed E-state index contributed by atoms with van der Waals surface area (Å²) in [6, 6.07) is 0. The average molecular weight is 189 g/mol. The van der Waals surface area contributed by atoms with Crippen LogP contribution in [-0.2, 0) is 6.42 Å². The number of aromatic nitrogens is 2. The standard InChI is InChI=1S/C8H13ClN2O/c1-3-12-8-7(4-5-9)6(2)10-11-8/h3-5H2,1-2H3,(H,10,11). The van der Waals surface area contributed by atoms with Crippen LogP contribution in [0.4, 0.5) is 0 Å². The Balaban J connectivity index is 2.80. The van der Waals surface area contributed by atoms with E-state index in [1.165, 1.54) is 0 Å². The van der Waals surface area contributed by atoms with Gasteiger partial charge < -0.3 is 4.74 Å². The minimum Gasteiger partial charge on any atom is -0.477 e. The summed E-state index contributed by atoms with van der Waals surface area (Å²) in [6.07, 6.45) is 0.805. The molecule has 0 saturated heterocycles. The summed E-state index contributed by atoms with van der Waals surface area (Å²) in [5.74, 6) is 1.29. The van der Waals surface area contributed by atoms with Gasteiger partial charge in [0.1, 0.15) is 0 Å². The molecule has 0 aliphatic heterocycles. The van der Waals surface area contributed by atoms with E-state index in [1.807, 2.05) is 13.8 Å². The molecule has 4 heteroatoms. The summed E-state index contributed by atoms with van der Waals surface area (Å²) in [4.78, 5) is 0. The number of nitrogens with one attached hydrogen (secondary N) is 1. The Bertz CT molecular complexity index is 247. The molecule has 1 aromatic heterocycles. The van der Waals surface area contributed by atoms with E-state index in [0.717, 1.165) is 17.7 Å². The Morgan fingerprint density at radius 2 is 2.33 bits per heavy atom. The van der Waals surface area contributed by atoms with Gasteiger partial charge in [0.15, 0.2) is 0 Å². The van der Waals surface area contributed by atoms with Crippen molar-refractivity contribution in [3.05, 3.63) is 11.3 Å². The van der Waals surface area contributed by atoms with Crippen molar-refractivity contribution in [1.29, 1.82) is 0 Å². The fraction of sp³-hybridized carbons (Fsp3) is 0.625.